The fourth-order valence-corrected chi connectivity index (χ4v) is 3.72. The molecule has 3 aromatic rings. The van der Waals surface area contributed by atoms with Crippen molar-refractivity contribution in [3.05, 3.63) is 58.8 Å². The smallest absolute Gasteiger partial charge is 0.416 e. The number of aromatic nitrogens is 1. The summed E-state index contributed by atoms with van der Waals surface area (Å²) in [5.41, 5.74) is 2.86. The number of aromatic amines is 1. The lowest BCUT2D eigenvalue weighted by molar-refractivity contribution is -0.137. The second-order valence-electron chi connectivity index (χ2n) is 6.53. The lowest BCUT2D eigenvalue weighted by Gasteiger charge is -2.25. The van der Waals surface area contributed by atoms with Crippen LogP contribution in [0.1, 0.15) is 28.4 Å². The zero-order valence-corrected chi connectivity index (χ0v) is 14.9. The maximum absolute atomic E-state index is 13.1. The van der Waals surface area contributed by atoms with Gasteiger partial charge in [0.1, 0.15) is 0 Å². The van der Waals surface area contributed by atoms with Crippen molar-refractivity contribution in [1.29, 1.82) is 0 Å². The molecule has 4 rings (SSSR count). The number of alkyl halides is 3. The van der Waals surface area contributed by atoms with Crippen molar-refractivity contribution in [1.82, 2.24) is 10.3 Å². The first-order valence-electron chi connectivity index (χ1n) is 8.59. The van der Waals surface area contributed by atoms with Gasteiger partial charge in [-0.1, -0.05) is 6.07 Å². The lowest BCUT2D eigenvalue weighted by atomic mass is 9.94. The third kappa shape index (κ3) is 3.02. The summed E-state index contributed by atoms with van der Waals surface area (Å²) in [5.74, 6) is 1.24. The Balaban J connectivity index is 1.82. The second kappa shape index (κ2) is 6.49. The Labute approximate surface area is 154 Å². The summed E-state index contributed by atoms with van der Waals surface area (Å²) in [4.78, 5) is 3.31. The number of hydrogen-bond acceptors (Lipinski definition) is 3. The number of H-pyrrole nitrogens is 1. The molecule has 142 valence electrons. The van der Waals surface area contributed by atoms with Crippen LogP contribution in [0, 0.1) is 0 Å². The van der Waals surface area contributed by atoms with Crippen molar-refractivity contribution in [2.45, 2.75) is 18.6 Å². The third-order valence-corrected chi connectivity index (χ3v) is 5.02. The van der Waals surface area contributed by atoms with E-state index in [1.54, 1.807) is 14.2 Å². The molecule has 1 atom stereocenters. The SMILES string of the molecule is COc1ccc(C2NCCc3c2[nH]c2ccc(C(F)(F)F)cc32)cc1OC. The van der Waals surface area contributed by atoms with E-state index in [0.717, 1.165) is 22.9 Å². The average Bonchev–Trinajstić information content (AvgIpc) is 3.04. The highest BCUT2D eigenvalue weighted by Crippen LogP contribution is 2.39. The highest BCUT2D eigenvalue weighted by molar-refractivity contribution is 5.86. The zero-order chi connectivity index (χ0) is 19.2. The van der Waals surface area contributed by atoms with Crippen LogP contribution in [0.4, 0.5) is 13.2 Å². The number of halogens is 3. The molecule has 27 heavy (non-hydrogen) atoms. The van der Waals surface area contributed by atoms with Gasteiger partial charge < -0.3 is 19.8 Å². The summed E-state index contributed by atoms with van der Waals surface area (Å²) in [5, 5.41) is 4.07. The molecule has 2 aromatic carbocycles. The molecule has 1 aromatic heterocycles. The summed E-state index contributed by atoms with van der Waals surface area (Å²) in [6.07, 6.45) is -3.69. The molecule has 0 spiro atoms. The van der Waals surface area contributed by atoms with Crippen molar-refractivity contribution in [3.63, 3.8) is 0 Å². The molecule has 1 aliphatic heterocycles. The first kappa shape index (κ1) is 17.7. The monoisotopic (exact) mass is 376 g/mol. The lowest BCUT2D eigenvalue weighted by Crippen LogP contribution is -2.30. The Morgan fingerprint density at radius 1 is 1.00 bits per heavy atom. The fourth-order valence-electron chi connectivity index (χ4n) is 3.72. The van der Waals surface area contributed by atoms with Crippen molar-refractivity contribution >= 4 is 10.9 Å². The number of hydrogen-bond donors (Lipinski definition) is 2. The minimum atomic E-state index is -4.35. The van der Waals surface area contributed by atoms with Crippen LogP contribution >= 0.6 is 0 Å². The molecule has 1 unspecified atom stereocenters. The highest BCUT2D eigenvalue weighted by Gasteiger charge is 2.32. The van der Waals surface area contributed by atoms with Crippen LogP contribution < -0.4 is 14.8 Å². The molecule has 4 nitrogen and oxygen atoms in total. The summed E-state index contributed by atoms with van der Waals surface area (Å²) in [6.45, 7) is 0.676. The first-order valence-corrected chi connectivity index (χ1v) is 8.59. The zero-order valence-electron chi connectivity index (χ0n) is 14.9. The molecule has 2 N–H and O–H groups in total. The van der Waals surface area contributed by atoms with Crippen molar-refractivity contribution in [3.8, 4) is 11.5 Å². The predicted molar refractivity (Wildman–Crippen MR) is 96.4 cm³/mol. The standard InChI is InChI=1S/C20H19F3N2O2/c1-26-16-6-3-11(9-17(16)27-2)18-19-13(7-8-24-18)14-10-12(20(21,22)23)4-5-15(14)25-19/h3-6,9-10,18,24-25H,7-8H2,1-2H3. The van der Waals surface area contributed by atoms with E-state index in [2.05, 4.69) is 10.3 Å². The van der Waals surface area contributed by atoms with Crippen molar-refractivity contribution in [2.75, 3.05) is 20.8 Å². The molecule has 0 saturated carbocycles. The topological polar surface area (TPSA) is 46.3 Å². The molecule has 0 bridgehead atoms. The van der Waals surface area contributed by atoms with Gasteiger partial charge in [-0.3, -0.25) is 0 Å². The number of methoxy groups -OCH3 is 2. The van der Waals surface area contributed by atoms with E-state index in [-0.39, 0.29) is 6.04 Å². The molecule has 0 saturated heterocycles. The van der Waals surface area contributed by atoms with Gasteiger partial charge in [0.05, 0.1) is 25.8 Å². The van der Waals surface area contributed by atoms with Gasteiger partial charge in [-0.25, -0.2) is 0 Å². The van der Waals surface area contributed by atoms with Gasteiger partial charge in [0.15, 0.2) is 11.5 Å². The summed E-state index contributed by atoms with van der Waals surface area (Å²) in [7, 11) is 3.15. The van der Waals surface area contributed by atoms with E-state index in [1.807, 2.05) is 18.2 Å². The Hall–Kier alpha value is -2.67. The molecule has 0 fully saturated rings. The van der Waals surface area contributed by atoms with E-state index in [0.29, 0.717) is 35.4 Å². The molecular weight excluding hydrogens is 357 g/mol. The summed E-state index contributed by atoms with van der Waals surface area (Å²) < 4.78 is 50.0. The average molecular weight is 376 g/mol. The number of rotatable bonds is 3. The quantitative estimate of drug-likeness (QED) is 0.711. The number of nitrogens with one attached hydrogen (secondary N) is 2. The molecule has 0 radical (unpaired) electrons. The molecule has 1 aliphatic rings. The van der Waals surface area contributed by atoms with Gasteiger partial charge >= 0.3 is 6.18 Å². The highest BCUT2D eigenvalue weighted by atomic mass is 19.4. The Bertz CT molecular complexity index is 995. The molecule has 2 heterocycles. The molecule has 7 heteroatoms. The summed E-state index contributed by atoms with van der Waals surface area (Å²) in [6, 6.07) is 9.34. The molecular formula is C20H19F3N2O2. The van der Waals surface area contributed by atoms with Gasteiger partial charge in [-0.15, -0.1) is 0 Å². The number of benzene rings is 2. The fraction of sp³-hybridized carbons (Fsp3) is 0.300. The maximum Gasteiger partial charge on any atom is 0.416 e. The van der Waals surface area contributed by atoms with Crippen LogP contribution in [0.25, 0.3) is 10.9 Å². The number of fused-ring (bicyclic) bond motifs is 3. The van der Waals surface area contributed by atoms with E-state index in [4.69, 9.17) is 9.47 Å². The largest absolute Gasteiger partial charge is 0.493 e. The van der Waals surface area contributed by atoms with Crippen LogP contribution in [0.3, 0.4) is 0 Å². The van der Waals surface area contributed by atoms with Gasteiger partial charge in [0, 0.05) is 23.1 Å². The van der Waals surface area contributed by atoms with Crippen LogP contribution in [-0.4, -0.2) is 25.7 Å². The Morgan fingerprint density at radius 2 is 1.78 bits per heavy atom. The maximum atomic E-state index is 13.1. The minimum absolute atomic E-state index is 0.157. The van der Waals surface area contributed by atoms with Crippen LogP contribution in [0.15, 0.2) is 36.4 Å². The van der Waals surface area contributed by atoms with Crippen LogP contribution in [0.5, 0.6) is 11.5 Å². The number of ether oxygens (including phenoxy) is 2. The Morgan fingerprint density at radius 3 is 2.48 bits per heavy atom. The van der Waals surface area contributed by atoms with Crippen molar-refractivity contribution in [2.24, 2.45) is 0 Å². The molecule has 0 aliphatic carbocycles. The van der Waals surface area contributed by atoms with Gasteiger partial charge in [0.25, 0.3) is 0 Å². The van der Waals surface area contributed by atoms with Gasteiger partial charge in [0.2, 0.25) is 0 Å². The van der Waals surface area contributed by atoms with E-state index in [9.17, 15) is 13.2 Å². The van der Waals surface area contributed by atoms with Crippen LogP contribution in [-0.2, 0) is 12.6 Å². The van der Waals surface area contributed by atoms with Gasteiger partial charge in [-0.2, -0.15) is 13.2 Å². The molecule has 0 amide bonds. The van der Waals surface area contributed by atoms with Crippen LogP contribution in [0.2, 0.25) is 0 Å². The van der Waals surface area contributed by atoms with Gasteiger partial charge in [-0.05, 0) is 47.9 Å². The normalized spacial score (nSPS) is 17.0. The van der Waals surface area contributed by atoms with E-state index < -0.39 is 11.7 Å². The van der Waals surface area contributed by atoms with E-state index >= 15 is 0 Å². The van der Waals surface area contributed by atoms with Crippen molar-refractivity contribution < 1.29 is 22.6 Å². The predicted octanol–water partition coefficient (Wildman–Crippen LogP) is 4.44. The first-order chi connectivity index (χ1) is 12.9. The Kier molecular flexibility index (Phi) is 4.26. The summed E-state index contributed by atoms with van der Waals surface area (Å²) >= 11 is 0. The minimum Gasteiger partial charge on any atom is -0.493 e. The second-order valence-corrected chi connectivity index (χ2v) is 6.53. The third-order valence-electron chi connectivity index (χ3n) is 5.02. The van der Waals surface area contributed by atoms with E-state index in [1.165, 1.54) is 12.1 Å².